The molecule has 6 atom stereocenters. The van der Waals surface area contributed by atoms with Crippen LogP contribution in [-0.4, -0.2) is 96.7 Å². The highest BCUT2D eigenvalue weighted by atomic mass is 31.2. The summed E-state index contributed by atoms with van der Waals surface area (Å²) in [6, 6.07) is 0. The van der Waals surface area contributed by atoms with Crippen LogP contribution in [0.2, 0.25) is 0 Å². The minimum absolute atomic E-state index is 0.106. The van der Waals surface area contributed by atoms with E-state index >= 15 is 0 Å². The van der Waals surface area contributed by atoms with Crippen LogP contribution in [0.25, 0.3) is 0 Å². The Labute approximate surface area is 626 Å². The van der Waals surface area contributed by atoms with Gasteiger partial charge >= 0.3 is 39.5 Å². The van der Waals surface area contributed by atoms with Crippen LogP contribution in [0.5, 0.6) is 0 Å². The first-order valence-corrected chi connectivity index (χ1v) is 45.7. The molecule has 0 rings (SSSR count). The van der Waals surface area contributed by atoms with Gasteiger partial charge in [-0.2, -0.15) is 0 Å². The largest absolute Gasteiger partial charge is 0.472 e. The number of rotatable bonds is 80. The number of phosphoric acid groups is 2. The summed E-state index contributed by atoms with van der Waals surface area (Å²) in [6.45, 7) is 14.3. The average molecular weight is 1490 g/mol. The summed E-state index contributed by atoms with van der Waals surface area (Å²) in [6.07, 6.45) is 59.8. The predicted molar refractivity (Wildman–Crippen MR) is 418 cm³/mol. The molecule has 0 heterocycles. The van der Waals surface area contributed by atoms with E-state index in [0.717, 1.165) is 114 Å². The zero-order valence-electron chi connectivity index (χ0n) is 67.2. The third kappa shape index (κ3) is 74.9. The lowest BCUT2D eigenvalue weighted by Crippen LogP contribution is -2.30. The number of aliphatic hydroxyl groups is 1. The van der Waals surface area contributed by atoms with Gasteiger partial charge in [-0.05, 0) is 49.4 Å². The van der Waals surface area contributed by atoms with Gasteiger partial charge in [0.1, 0.15) is 19.3 Å². The minimum Gasteiger partial charge on any atom is -0.462 e. The second kappa shape index (κ2) is 72.0. The zero-order chi connectivity index (χ0) is 75.3. The van der Waals surface area contributed by atoms with E-state index in [1.807, 2.05) is 0 Å². The maximum Gasteiger partial charge on any atom is 0.472 e. The Balaban J connectivity index is 5.20. The summed E-state index contributed by atoms with van der Waals surface area (Å²) in [5.41, 5.74) is 0. The van der Waals surface area contributed by atoms with Crippen LogP contribution in [-0.2, 0) is 65.4 Å². The van der Waals surface area contributed by atoms with Gasteiger partial charge in [-0.25, -0.2) is 9.13 Å². The normalized spacial score (nSPS) is 14.3. The minimum atomic E-state index is -4.96. The van der Waals surface area contributed by atoms with Gasteiger partial charge in [0.25, 0.3) is 0 Å². The summed E-state index contributed by atoms with van der Waals surface area (Å²) < 4.78 is 68.7. The Bertz CT molecular complexity index is 1990. The third-order valence-corrected chi connectivity index (χ3v) is 21.6. The Morgan fingerprint density at radius 3 is 0.696 bits per heavy atom. The van der Waals surface area contributed by atoms with Gasteiger partial charge in [-0.1, -0.05) is 376 Å². The first-order valence-electron chi connectivity index (χ1n) is 42.7. The third-order valence-electron chi connectivity index (χ3n) is 19.7. The molecular weight excluding hydrogens is 1330 g/mol. The summed E-state index contributed by atoms with van der Waals surface area (Å²) in [5.74, 6) is 0.998. The molecule has 0 saturated heterocycles. The first-order chi connectivity index (χ1) is 49.1. The number of hydrogen-bond acceptors (Lipinski definition) is 15. The lowest BCUT2D eigenvalue weighted by molar-refractivity contribution is -0.161. The van der Waals surface area contributed by atoms with Crippen molar-refractivity contribution in [2.45, 2.75) is 446 Å². The summed E-state index contributed by atoms with van der Waals surface area (Å²) >= 11 is 0. The molecule has 4 unspecified atom stereocenters. The van der Waals surface area contributed by atoms with E-state index in [1.165, 1.54) is 225 Å². The lowest BCUT2D eigenvalue weighted by Gasteiger charge is -2.21. The maximum atomic E-state index is 13.1. The summed E-state index contributed by atoms with van der Waals surface area (Å²) in [7, 11) is -9.92. The molecule has 0 fully saturated rings. The second-order valence-corrected chi connectivity index (χ2v) is 34.4. The molecular formula is C83H162O17P2. The second-order valence-electron chi connectivity index (χ2n) is 31.5. The molecule has 3 N–H and O–H groups in total. The number of ether oxygens (including phenoxy) is 4. The first kappa shape index (κ1) is 100. The van der Waals surface area contributed by atoms with Gasteiger partial charge in [-0.15, -0.1) is 0 Å². The van der Waals surface area contributed by atoms with Crippen molar-refractivity contribution < 1.29 is 80.2 Å². The highest BCUT2D eigenvalue weighted by Crippen LogP contribution is 2.45. The topological polar surface area (TPSA) is 237 Å². The van der Waals surface area contributed by atoms with Crippen LogP contribution in [0.15, 0.2) is 0 Å². The van der Waals surface area contributed by atoms with Crippen molar-refractivity contribution in [3.8, 4) is 0 Å². The Morgan fingerprint density at radius 1 is 0.275 bits per heavy atom. The van der Waals surface area contributed by atoms with E-state index in [-0.39, 0.29) is 25.7 Å². The van der Waals surface area contributed by atoms with Gasteiger partial charge < -0.3 is 33.8 Å². The number of phosphoric ester groups is 2. The fourth-order valence-electron chi connectivity index (χ4n) is 12.8. The summed E-state index contributed by atoms with van der Waals surface area (Å²) in [4.78, 5) is 73.0. The lowest BCUT2D eigenvalue weighted by atomic mass is 9.99. The van der Waals surface area contributed by atoms with Crippen molar-refractivity contribution in [2.75, 3.05) is 39.6 Å². The molecule has 102 heavy (non-hydrogen) atoms. The van der Waals surface area contributed by atoms with E-state index < -0.39 is 97.5 Å². The molecule has 0 spiro atoms. The number of esters is 4. The van der Waals surface area contributed by atoms with Crippen LogP contribution < -0.4 is 0 Å². The van der Waals surface area contributed by atoms with Crippen molar-refractivity contribution in [2.24, 2.45) is 23.7 Å². The number of carbonyl (C=O) groups is 4. The molecule has 606 valence electrons. The number of carbonyl (C=O) groups excluding carboxylic acids is 4. The molecule has 0 aromatic rings. The zero-order valence-corrected chi connectivity index (χ0v) is 69.0. The van der Waals surface area contributed by atoms with Crippen LogP contribution in [0.1, 0.15) is 428 Å². The monoisotopic (exact) mass is 1490 g/mol. The Morgan fingerprint density at radius 2 is 0.471 bits per heavy atom. The molecule has 19 heteroatoms. The van der Waals surface area contributed by atoms with Crippen molar-refractivity contribution in [3.05, 3.63) is 0 Å². The van der Waals surface area contributed by atoms with Crippen molar-refractivity contribution in [1.29, 1.82) is 0 Å². The molecule has 0 aromatic carbocycles. The fraction of sp³-hybridized carbons (Fsp3) is 0.952. The van der Waals surface area contributed by atoms with Crippen LogP contribution >= 0.6 is 15.6 Å². The number of hydrogen-bond donors (Lipinski definition) is 3. The maximum absolute atomic E-state index is 13.1. The van der Waals surface area contributed by atoms with Crippen LogP contribution in [0.3, 0.4) is 0 Å². The van der Waals surface area contributed by atoms with E-state index in [0.29, 0.717) is 31.6 Å². The Hall–Kier alpha value is -1.94. The molecule has 0 aliphatic rings. The molecule has 0 amide bonds. The quantitative estimate of drug-likeness (QED) is 0.0222. The molecule has 0 aliphatic heterocycles. The molecule has 0 aliphatic carbocycles. The smallest absolute Gasteiger partial charge is 0.462 e. The van der Waals surface area contributed by atoms with E-state index in [9.17, 15) is 43.2 Å². The molecule has 17 nitrogen and oxygen atoms in total. The van der Waals surface area contributed by atoms with E-state index in [2.05, 4.69) is 55.4 Å². The standard InChI is InChI=1S/C83H162O17P2/c1-9-76(8)62-54-46-37-31-27-28-32-38-47-55-63-80(85)93-69-78(99-82(87)65-57-49-39-33-25-21-17-13-11-10-12-15-19-23-29-35-43-51-59-73(2)3)71-97-101(89,90)95-67-77(84)68-96-102(91,92)98-72-79(70-94-81(86)64-56-48-42-41-45-53-61-75(6)7)100-83(88)66-58-50-40-34-26-22-18-14-16-20-24-30-36-44-52-60-74(4)5/h73-79,84H,9-72H2,1-8H3,(H,89,90)(H,91,92)/t76?,77?,78-,79-/m1/s1. The highest BCUT2D eigenvalue weighted by Gasteiger charge is 2.30. The molecule has 0 aromatic heterocycles. The van der Waals surface area contributed by atoms with Crippen molar-refractivity contribution in [1.82, 2.24) is 0 Å². The SMILES string of the molecule is CCC(C)CCCCCCCCCCCCC(=O)OC[C@H](COP(=O)(O)OCC(O)COP(=O)(O)OC[C@@H](COC(=O)CCCCCCCCC(C)C)OC(=O)CCCCCCCCCCCCCCCCCC(C)C)OC(=O)CCCCCCCCCCCCCCCCCCCCC(C)C. The van der Waals surface area contributed by atoms with E-state index in [4.69, 9.17) is 37.0 Å². The fourth-order valence-corrected chi connectivity index (χ4v) is 14.3. The molecule has 0 bridgehead atoms. The van der Waals surface area contributed by atoms with Crippen LogP contribution in [0, 0.1) is 23.7 Å². The van der Waals surface area contributed by atoms with Gasteiger partial charge in [0.2, 0.25) is 0 Å². The molecule has 0 saturated carbocycles. The molecule has 0 radical (unpaired) electrons. The van der Waals surface area contributed by atoms with Gasteiger partial charge in [0.05, 0.1) is 26.4 Å². The van der Waals surface area contributed by atoms with E-state index in [1.54, 1.807) is 0 Å². The average Bonchev–Trinajstić information content (AvgIpc) is 0.906. The van der Waals surface area contributed by atoms with Gasteiger partial charge in [-0.3, -0.25) is 37.3 Å². The van der Waals surface area contributed by atoms with Crippen molar-refractivity contribution >= 4 is 39.5 Å². The number of aliphatic hydroxyl groups excluding tert-OH is 1. The number of unbranched alkanes of at least 4 members (excludes halogenated alkanes) is 45. The predicted octanol–water partition coefficient (Wildman–Crippen LogP) is 24.8. The summed E-state index contributed by atoms with van der Waals surface area (Å²) in [5, 5.41) is 10.6. The van der Waals surface area contributed by atoms with Gasteiger partial charge in [0.15, 0.2) is 12.2 Å². The van der Waals surface area contributed by atoms with Crippen molar-refractivity contribution in [3.63, 3.8) is 0 Å². The highest BCUT2D eigenvalue weighted by molar-refractivity contribution is 7.47. The van der Waals surface area contributed by atoms with Gasteiger partial charge in [0, 0.05) is 25.7 Å². The Kier molecular flexibility index (Phi) is 70.6. The van der Waals surface area contributed by atoms with Crippen LogP contribution in [0.4, 0.5) is 0 Å².